The molecule has 0 radical (unpaired) electrons. The van der Waals surface area contributed by atoms with Crippen molar-refractivity contribution in [2.45, 2.75) is 11.8 Å². The molecule has 3 aromatic rings. The lowest BCUT2D eigenvalue weighted by atomic mass is 9.99. The van der Waals surface area contributed by atoms with E-state index in [4.69, 9.17) is 11.6 Å². The van der Waals surface area contributed by atoms with Gasteiger partial charge < -0.3 is 0 Å². The minimum absolute atomic E-state index is 0.289. The fourth-order valence-corrected chi connectivity index (χ4v) is 3.27. The summed E-state index contributed by atoms with van der Waals surface area (Å²) in [6.07, 6.45) is 4.51. The van der Waals surface area contributed by atoms with Gasteiger partial charge in [-0.1, -0.05) is 29.8 Å². The Bertz CT molecular complexity index is 1000. The van der Waals surface area contributed by atoms with Gasteiger partial charge in [-0.15, -0.1) is 0 Å². The van der Waals surface area contributed by atoms with Gasteiger partial charge >= 0.3 is 0 Å². The second-order valence-electron chi connectivity index (χ2n) is 5.48. The highest BCUT2D eigenvalue weighted by Crippen LogP contribution is 2.33. The molecule has 0 fully saturated rings. The van der Waals surface area contributed by atoms with Gasteiger partial charge in [-0.2, -0.15) is 0 Å². The lowest BCUT2D eigenvalue weighted by Gasteiger charge is -2.11. The molecular weight excluding hydrogens is 344 g/mol. The van der Waals surface area contributed by atoms with Crippen LogP contribution >= 0.6 is 11.6 Å². The summed E-state index contributed by atoms with van der Waals surface area (Å²) in [5, 5.41) is 0.541. The van der Waals surface area contributed by atoms with Crippen molar-refractivity contribution in [2.24, 2.45) is 0 Å². The maximum absolute atomic E-state index is 11.6. The average Bonchev–Trinajstić information content (AvgIpc) is 2.56. The zero-order valence-corrected chi connectivity index (χ0v) is 14.8. The normalized spacial score (nSPS) is 11.5. The number of pyridine rings is 2. The number of aromatic nitrogens is 2. The Morgan fingerprint density at radius 2 is 1.71 bits per heavy atom. The molecule has 0 atom stereocenters. The molecule has 0 saturated carbocycles. The Morgan fingerprint density at radius 1 is 1.00 bits per heavy atom. The first kappa shape index (κ1) is 16.6. The highest BCUT2D eigenvalue weighted by molar-refractivity contribution is 7.90. The standard InChI is InChI=1S/C18H15ClN2O2S/c1-12-17(10-14(19)11-21-12)18-16(4-3-9-20-18)13-5-7-15(8-6-13)24(2,22)23/h3-11H,1-2H3. The van der Waals surface area contributed by atoms with E-state index in [0.717, 1.165) is 28.1 Å². The van der Waals surface area contributed by atoms with Crippen molar-refractivity contribution in [3.63, 3.8) is 0 Å². The zero-order chi connectivity index (χ0) is 17.3. The second kappa shape index (κ2) is 6.34. The van der Waals surface area contributed by atoms with Crippen molar-refractivity contribution in [3.8, 4) is 22.4 Å². The van der Waals surface area contributed by atoms with E-state index in [0.29, 0.717) is 5.02 Å². The number of benzene rings is 1. The summed E-state index contributed by atoms with van der Waals surface area (Å²) < 4.78 is 23.2. The van der Waals surface area contributed by atoms with Crippen molar-refractivity contribution >= 4 is 21.4 Å². The molecule has 0 unspecified atom stereocenters. The predicted molar refractivity (Wildman–Crippen MR) is 95.8 cm³/mol. The molecule has 2 heterocycles. The summed E-state index contributed by atoms with van der Waals surface area (Å²) >= 11 is 6.08. The SMILES string of the molecule is Cc1ncc(Cl)cc1-c1ncccc1-c1ccc(S(C)(=O)=O)cc1. The van der Waals surface area contributed by atoms with Gasteiger partial charge in [0.25, 0.3) is 0 Å². The molecule has 0 aliphatic carbocycles. The van der Waals surface area contributed by atoms with Crippen LogP contribution in [-0.4, -0.2) is 24.6 Å². The van der Waals surface area contributed by atoms with Crippen LogP contribution in [0.3, 0.4) is 0 Å². The molecule has 24 heavy (non-hydrogen) atoms. The molecule has 6 heteroatoms. The van der Waals surface area contributed by atoms with Crippen LogP contribution in [0.5, 0.6) is 0 Å². The summed E-state index contributed by atoms with van der Waals surface area (Å²) in [4.78, 5) is 9.06. The average molecular weight is 359 g/mol. The number of hydrogen-bond acceptors (Lipinski definition) is 4. The second-order valence-corrected chi connectivity index (χ2v) is 7.93. The Balaban J connectivity index is 2.15. The van der Waals surface area contributed by atoms with Crippen LogP contribution in [0.15, 0.2) is 59.8 Å². The monoisotopic (exact) mass is 358 g/mol. The van der Waals surface area contributed by atoms with E-state index >= 15 is 0 Å². The number of halogens is 1. The van der Waals surface area contributed by atoms with Gasteiger partial charge in [0.05, 0.1) is 15.6 Å². The number of rotatable bonds is 3. The first-order valence-corrected chi connectivity index (χ1v) is 9.51. The Labute approximate surface area is 146 Å². The molecular formula is C18H15ClN2O2S. The van der Waals surface area contributed by atoms with E-state index in [9.17, 15) is 8.42 Å². The van der Waals surface area contributed by atoms with Crippen LogP contribution in [0.2, 0.25) is 5.02 Å². The molecule has 0 bridgehead atoms. The minimum Gasteiger partial charge on any atom is -0.259 e. The molecule has 1 aromatic carbocycles. The molecule has 122 valence electrons. The van der Waals surface area contributed by atoms with Crippen LogP contribution in [0.4, 0.5) is 0 Å². The molecule has 0 amide bonds. The van der Waals surface area contributed by atoms with Gasteiger partial charge in [-0.3, -0.25) is 9.97 Å². The predicted octanol–water partition coefficient (Wildman–Crippen LogP) is 4.18. The van der Waals surface area contributed by atoms with Gasteiger partial charge in [0, 0.05) is 35.5 Å². The first-order chi connectivity index (χ1) is 11.4. The number of hydrogen-bond donors (Lipinski definition) is 0. The number of nitrogens with zero attached hydrogens (tertiary/aromatic N) is 2. The first-order valence-electron chi connectivity index (χ1n) is 7.24. The summed E-state index contributed by atoms with van der Waals surface area (Å²) in [5.74, 6) is 0. The quantitative estimate of drug-likeness (QED) is 0.704. The molecule has 0 aliphatic rings. The Morgan fingerprint density at radius 3 is 2.38 bits per heavy atom. The van der Waals surface area contributed by atoms with E-state index in [-0.39, 0.29) is 4.90 Å². The van der Waals surface area contributed by atoms with Gasteiger partial charge in [-0.25, -0.2) is 8.42 Å². The van der Waals surface area contributed by atoms with E-state index in [1.807, 2.05) is 25.1 Å². The maximum atomic E-state index is 11.6. The summed E-state index contributed by atoms with van der Waals surface area (Å²) in [6.45, 7) is 1.90. The summed E-state index contributed by atoms with van der Waals surface area (Å²) in [7, 11) is -3.22. The van der Waals surface area contributed by atoms with E-state index < -0.39 is 9.84 Å². The van der Waals surface area contributed by atoms with Crippen LogP contribution in [0, 0.1) is 6.92 Å². The fourth-order valence-electron chi connectivity index (χ4n) is 2.48. The molecule has 0 aliphatic heterocycles. The zero-order valence-electron chi connectivity index (χ0n) is 13.2. The smallest absolute Gasteiger partial charge is 0.175 e. The van der Waals surface area contributed by atoms with Gasteiger partial charge in [0.2, 0.25) is 0 Å². The summed E-state index contributed by atoms with van der Waals surface area (Å²) in [5.41, 5.74) is 4.21. The molecule has 0 N–H and O–H groups in total. The van der Waals surface area contributed by atoms with Gasteiger partial charge in [0.15, 0.2) is 9.84 Å². The van der Waals surface area contributed by atoms with Crippen molar-refractivity contribution in [1.82, 2.24) is 9.97 Å². The van der Waals surface area contributed by atoms with E-state index in [2.05, 4.69) is 9.97 Å². The highest BCUT2D eigenvalue weighted by Gasteiger charge is 2.13. The van der Waals surface area contributed by atoms with E-state index in [1.165, 1.54) is 6.26 Å². The van der Waals surface area contributed by atoms with Crippen molar-refractivity contribution in [2.75, 3.05) is 6.26 Å². The lowest BCUT2D eigenvalue weighted by molar-refractivity contribution is 0.602. The van der Waals surface area contributed by atoms with Gasteiger partial charge in [0.1, 0.15) is 0 Å². The number of aryl methyl sites for hydroxylation is 1. The van der Waals surface area contributed by atoms with Crippen molar-refractivity contribution < 1.29 is 8.42 Å². The summed E-state index contributed by atoms with van der Waals surface area (Å²) in [6, 6.07) is 12.4. The molecule has 0 spiro atoms. The van der Waals surface area contributed by atoms with Crippen LogP contribution in [-0.2, 0) is 9.84 Å². The molecule has 3 rings (SSSR count). The molecule has 0 saturated heterocycles. The Kier molecular flexibility index (Phi) is 4.39. The molecule has 2 aromatic heterocycles. The lowest BCUT2D eigenvalue weighted by Crippen LogP contribution is -1.97. The topological polar surface area (TPSA) is 59.9 Å². The third-order valence-electron chi connectivity index (χ3n) is 3.71. The van der Waals surface area contributed by atoms with Crippen LogP contribution in [0.25, 0.3) is 22.4 Å². The van der Waals surface area contributed by atoms with Gasteiger partial charge in [-0.05, 0) is 36.8 Å². The minimum atomic E-state index is -3.22. The number of sulfone groups is 1. The van der Waals surface area contributed by atoms with Crippen LogP contribution < -0.4 is 0 Å². The molecule has 4 nitrogen and oxygen atoms in total. The fraction of sp³-hybridized carbons (Fsp3) is 0.111. The largest absolute Gasteiger partial charge is 0.259 e. The van der Waals surface area contributed by atoms with Crippen LogP contribution in [0.1, 0.15) is 5.69 Å². The van der Waals surface area contributed by atoms with E-state index in [1.54, 1.807) is 36.7 Å². The third kappa shape index (κ3) is 3.32. The third-order valence-corrected chi connectivity index (χ3v) is 5.05. The Hall–Kier alpha value is -2.24. The highest BCUT2D eigenvalue weighted by atomic mass is 35.5. The maximum Gasteiger partial charge on any atom is 0.175 e. The van der Waals surface area contributed by atoms with Crippen molar-refractivity contribution in [1.29, 1.82) is 0 Å². The van der Waals surface area contributed by atoms with Crippen molar-refractivity contribution in [3.05, 3.63) is 65.6 Å².